The first-order valence-corrected chi connectivity index (χ1v) is 10.0. The van der Waals surface area contributed by atoms with Gasteiger partial charge in [-0.2, -0.15) is 0 Å². The van der Waals surface area contributed by atoms with E-state index in [1.165, 1.54) is 18.2 Å². The molecule has 0 aromatic heterocycles. The maximum Gasteiger partial charge on any atom is 0.330 e. The molecular formula is C21H28O12. The third-order valence-corrected chi connectivity index (χ3v) is 4.88. The minimum atomic E-state index is -1.77. The molecule has 184 valence electrons. The smallest absolute Gasteiger partial charge is 0.330 e. The molecule has 1 heterocycles. The quantitative estimate of drug-likeness (QED) is 0.163. The second-order valence-electron chi connectivity index (χ2n) is 7.27. The maximum atomic E-state index is 12.0. The van der Waals surface area contributed by atoms with E-state index >= 15 is 0 Å². The van der Waals surface area contributed by atoms with Crippen LogP contribution in [0.1, 0.15) is 12.0 Å². The fourth-order valence-electron chi connectivity index (χ4n) is 2.94. The van der Waals surface area contributed by atoms with Gasteiger partial charge in [0.1, 0.15) is 42.9 Å². The van der Waals surface area contributed by atoms with Gasteiger partial charge in [0, 0.05) is 6.08 Å². The van der Waals surface area contributed by atoms with E-state index < -0.39 is 74.5 Å². The first-order valence-electron chi connectivity index (χ1n) is 10.0. The van der Waals surface area contributed by atoms with E-state index in [4.69, 9.17) is 14.2 Å². The number of hydrogen-bond acceptors (Lipinski definition) is 12. The molecule has 1 aliphatic rings. The van der Waals surface area contributed by atoms with Crippen LogP contribution in [0.2, 0.25) is 0 Å². The van der Waals surface area contributed by atoms with E-state index in [-0.39, 0.29) is 5.75 Å². The number of benzene rings is 1. The SMILES string of the molecule is COC(=O)CC(OC1OC(COC(=O)C=Cc2ccc(O)cc2)C(O)C(O)C1O)C(O)CO. The summed E-state index contributed by atoms with van der Waals surface area (Å²) in [7, 11) is 1.11. The van der Waals surface area contributed by atoms with Gasteiger partial charge in [-0.1, -0.05) is 12.1 Å². The van der Waals surface area contributed by atoms with Crippen molar-refractivity contribution in [2.75, 3.05) is 20.3 Å². The van der Waals surface area contributed by atoms with Gasteiger partial charge in [-0.05, 0) is 23.8 Å². The molecule has 0 spiro atoms. The molecule has 1 aromatic rings. The number of aliphatic hydroxyl groups excluding tert-OH is 5. The van der Waals surface area contributed by atoms with Gasteiger partial charge in [-0.15, -0.1) is 0 Å². The Bertz CT molecular complexity index is 795. The van der Waals surface area contributed by atoms with Crippen LogP contribution >= 0.6 is 0 Å². The topological polar surface area (TPSA) is 192 Å². The zero-order valence-corrected chi connectivity index (χ0v) is 17.8. The number of phenolic OH excluding ortho intramolecular Hbond substituents is 1. The first-order chi connectivity index (χ1) is 15.7. The summed E-state index contributed by atoms with van der Waals surface area (Å²) in [5.41, 5.74) is 0.616. The number of aliphatic hydroxyl groups is 5. The normalized spacial score (nSPS) is 27.2. The van der Waals surface area contributed by atoms with E-state index in [2.05, 4.69) is 4.74 Å². The van der Waals surface area contributed by atoms with Crippen molar-refractivity contribution in [1.29, 1.82) is 0 Å². The van der Waals surface area contributed by atoms with Gasteiger partial charge in [0.2, 0.25) is 0 Å². The number of carbonyl (C=O) groups excluding carboxylic acids is 2. The molecule has 6 N–H and O–H groups in total. The number of esters is 2. The number of ether oxygens (including phenoxy) is 4. The van der Waals surface area contributed by atoms with Crippen LogP contribution in [0, 0.1) is 0 Å². The molecule has 0 radical (unpaired) electrons. The molecule has 1 fully saturated rings. The lowest BCUT2D eigenvalue weighted by Crippen LogP contribution is -2.60. The Morgan fingerprint density at radius 1 is 1.12 bits per heavy atom. The average Bonchev–Trinajstić information content (AvgIpc) is 2.81. The molecule has 0 aliphatic carbocycles. The van der Waals surface area contributed by atoms with Crippen LogP contribution < -0.4 is 0 Å². The van der Waals surface area contributed by atoms with E-state index in [1.54, 1.807) is 12.1 Å². The van der Waals surface area contributed by atoms with Crippen LogP contribution in [0.15, 0.2) is 30.3 Å². The molecule has 0 amide bonds. The Morgan fingerprint density at radius 3 is 2.39 bits per heavy atom. The highest BCUT2D eigenvalue weighted by Gasteiger charge is 2.46. The third kappa shape index (κ3) is 7.75. The minimum absolute atomic E-state index is 0.0658. The van der Waals surface area contributed by atoms with Gasteiger partial charge in [0.15, 0.2) is 6.29 Å². The Labute approximate surface area is 189 Å². The highest BCUT2D eigenvalue weighted by molar-refractivity contribution is 5.87. The van der Waals surface area contributed by atoms with E-state index in [0.29, 0.717) is 5.56 Å². The van der Waals surface area contributed by atoms with Crippen LogP contribution in [0.5, 0.6) is 5.75 Å². The van der Waals surface area contributed by atoms with Crippen LogP contribution in [0.3, 0.4) is 0 Å². The van der Waals surface area contributed by atoms with Crippen LogP contribution in [0.25, 0.3) is 6.08 Å². The Hall–Kier alpha value is -2.58. The highest BCUT2D eigenvalue weighted by atomic mass is 16.7. The predicted molar refractivity (Wildman–Crippen MR) is 109 cm³/mol. The van der Waals surface area contributed by atoms with Crippen LogP contribution in [0.4, 0.5) is 0 Å². The van der Waals surface area contributed by atoms with Gasteiger partial charge < -0.3 is 49.6 Å². The van der Waals surface area contributed by atoms with E-state index in [0.717, 1.165) is 13.2 Å². The summed E-state index contributed by atoms with van der Waals surface area (Å²) in [6.07, 6.45) is -8.98. The van der Waals surface area contributed by atoms with Crippen molar-refractivity contribution in [2.45, 2.75) is 49.3 Å². The van der Waals surface area contributed by atoms with Crippen molar-refractivity contribution >= 4 is 18.0 Å². The van der Waals surface area contributed by atoms with E-state index in [1.807, 2.05) is 0 Å². The number of hydrogen-bond donors (Lipinski definition) is 6. The van der Waals surface area contributed by atoms with Crippen molar-refractivity contribution in [2.24, 2.45) is 0 Å². The summed E-state index contributed by atoms with van der Waals surface area (Å²) in [5, 5.41) is 58.8. The van der Waals surface area contributed by atoms with Gasteiger partial charge in [-0.25, -0.2) is 4.79 Å². The zero-order valence-electron chi connectivity index (χ0n) is 17.8. The van der Waals surface area contributed by atoms with Crippen molar-refractivity contribution in [3.63, 3.8) is 0 Å². The number of rotatable bonds is 10. The molecule has 1 saturated heterocycles. The van der Waals surface area contributed by atoms with Crippen LogP contribution in [-0.4, -0.2) is 106 Å². The Balaban J connectivity index is 1.99. The average molecular weight is 472 g/mol. The molecular weight excluding hydrogens is 444 g/mol. The summed E-state index contributed by atoms with van der Waals surface area (Å²) in [4.78, 5) is 23.5. The first kappa shape index (κ1) is 26.7. The van der Waals surface area contributed by atoms with Gasteiger partial charge in [0.25, 0.3) is 0 Å². The molecule has 7 atom stereocenters. The van der Waals surface area contributed by atoms with Gasteiger partial charge in [-0.3, -0.25) is 4.79 Å². The molecule has 0 bridgehead atoms. The summed E-state index contributed by atoms with van der Waals surface area (Å²) >= 11 is 0. The maximum absolute atomic E-state index is 12.0. The standard InChI is InChI=1S/C21H28O12/c1-30-17(26)8-14(13(24)9-22)32-21-20(29)19(28)18(27)15(33-21)10-31-16(25)7-4-11-2-5-12(23)6-3-11/h2-7,13-15,18-24,27-29H,8-10H2,1H3. The van der Waals surface area contributed by atoms with Crippen molar-refractivity contribution in [3.8, 4) is 5.75 Å². The molecule has 12 heteroatoms. The zero-order chi connectivity index (χ0) is 24.5. The van der Waals surface area contributed by atoms with Crippen molar-refractivity contribution in [1.82, 2.24) is 0 Å². The largest absolute Gasteiger partial charge is 0.508 e. The lowest BCUT2D eigenvalue weighted by Gasteiger charge is -2.41. The number of phenols is 1. The molecule has 12 nitrogen and oxygen atoms in total. The third-order valence-electron chi connectivity index (χ3n) is 4.88. The van der Waals surface area contributed by atoms with Gasteiger partial charge in [0.05, 0.1) is 26.2 Å². The fraction of sp³-hybridized carbons (Fsp3) is 0.524. The second-order valence-corrected chi connectivity index (χ2v) is 7.27. The highest BCUT2D eigenvalue weighted by Crippen LogP contribution is 2.25. The lowest BCUT2D eigenvalue weighted by atomic mass is 9.99. The molecule has 7 unspecified atom stereocenters. The van der Waals surface area contributed by atoms with Crippen molar-refractivity contribution in [3.05, 3.63) is 35.9 Å². The molecule has 1 aliphatic heterocycles. The fourth-order valence-corrected chi connectivity index (χ4v) is 2.94. The number of methoxy groups -OCH3 is 1. The number of carbonyl (C=O) groups is 2. The Kier molecular flexibility index (Phi) is 10.2. The summed E-state index contributed by atoms with van der Waals surface area (Å²) < 4.78 is 20.3. The number of aromatic hydroxyl groups is 1. The minimum Gasteiger partial charge on any atom is -0.508 e. The summed E-state index contributed by atoms with van der Waals surface area (Å²) in [5.74, 6) is -1.50. The van der Waals surface area contributed by atoms with Crippen molar-refractivity contribution < 1.29 is 59.2 Å². The van der Waals surface area contributed by atoms with E-state index in [9.17, 15) is 40.2 Å². The molecule has 1 aromatic carbocycles. The summed E-state index contributed by atoms with van der Waals surface area (Å²) in [6.45, 7) is -1.29. The van der Waals surface area contributed by atoms with Gasteiger partial charge >= 0.3 is 11.9 Å². The molecule has 2 rings (SSSR count). The molecule has 33 heavy (non-hydrogen) atoms. The molecule has 0 saturated carbocycles. The Morgan fingerprint density at radius 2 is 1.79 bits per heavy atom. The second kappa shape index (κ2) is 12.6. The predicted octanol–water partition coefficient (Wildman–Crippen LogP) is -1.94. The summed E-state index contributed by atoms with van der Waals surface area (Å²) in [6, 6.07) is 6.01. The monoisotopic (exact) mass is 472 g/mol. The van der Waals surface area contributed by atoms with Crippen LogP contribution in [-0.2, 0) is 28.5 Å². The lowest BCUT2D eigenvalue weighted by molar-refractivity contribution is -0.318.